The molecule has 206 valence electrons. The fraction of sp³-hybridized carbons (Fsp3) is 0.613. The summed E-state index contributed by atoms with van der Waals surface area (Å²) in [5.74, 6) is -0.0541. The van der Waals surface area contributed by atoms with Crippen molar-refractivity contribution in [1.82, 2.24) is 4.98 Å². The fourth-order valence-corrected chi connectivity index (χ4v) is 5.63. The standard InChI is InChI=1S/C31H49NO4Si/c1-9-10-11-17-27(33)30-25(22-24-15-12-13-16-26(24)32-30)21-20-23(2)28(18-14-19-29(34)35-6)36-37(7,8)31(3,4)5/h12-13,15-16,20-23,27-28,33H,9-11,14,17-19H2,1-8H3/b21-20+/t23-,27?,28+/m1/s1. The van der Waals surface area contributed by atoms with Crippen LogP contribution in [0.1, 0.15) is 96.9 Å². The molecule has 0 saturated heterocycles. The number of hydrogen-bond donors (Lipinski definition) is 1. The SMILES string of the molecule is CCCCCC(O)c1nc2ccccc2cc1/C=C/[C@@H](C)[C@H](CCCC(=O)OC)O[Si](C)(C)C(C)(C)C. The summed E-state index contributed by atoms with van der Waals surface area (Å²) in [5.41, 5.74) is 2.60. The molecule has 6 heteroatoms. The average Bonchev–Trinajstić information content (AvgIpc) is 2.85. The summed E-state index contributed by atoms with van der Waals surface area (Å²) in [6.07, 6.45) is 9.51. The molecule has 5 nitrogen and oxygen atoms in total. The number of nitrogens with zero attached hydrogens (tertiary/aromatic N) is 1. The summed E-state index contributed by atoms with van der Waals surface area (Å²) in [4.78, 5) is 16.6. The van der Waals surface area contributed by atoms with Crippen LogP contribution in [-0.2, 0) is 14.0 Å². The number of carbonyl (C=O) groups is 1. The number of aromatic nitrogens is 1. The number of benzene rings is 1. The highest BCUT2D eigenvalue weighted by molar-refractivity contribution is 6.74. The third kappa shape index (κ3) is 9.34. The lowest BCUT2D eigenvalue weighted by atomic mass is 9.96. The Morgan fingerprint density at radius 3 is 2.49 bits per heavy atom. The zero-order chi connectivity index (χ0) is 27.6. The largest absolute Gasteiger partial charge is 0.469 e. The van der Waals surface area contributed by atoms with Gasteiger partial charge in [-0.2, -0.15) is 0 Å². The van der Waals surface area contributed by atoms with Crippen LogP contribution < -0.4 is 0 Å². The Bertz CT molecular complexity index is 1030. The molecule has 0 amide bonds. The van der Waals surface area contributed by atoms with E-state index >= 15 is 0 Å². The first kappa shape index (κ1) is 31.2. The number of pyridine rings is 1. The van der Waals surface area contributed by atoms with Gasteiger partial charge in [0.1, 0.15) is 0 Å². The van der Waals surface area contributed by atoms with Crippen LogP contribution in [0.25, 0.3) is 17.0 Å². The maximum Gasteiger partial charge on any atom is 0.305 e. The van der Waals surface area contributed by atoms with E-state index in [0.717, 1.165) is 54.3 Å². The van der Waals surface area contributed by atoms with Gasteiger partial charge in [0.2, 0.25) is 0 Å². The first-order chi connectivity index (χ1) is 17.4. The van der Waals surface area contributed by atoms with Crippen molar-refractivity contribution in [2.45, 2.75) is 110 Å². The number of rotatable bonds is 14. The third-order valence-electron chi connectivity index (χ3n) is 7.70. The second kappa shape index (κ2) is 14.2. The van der Waals surface area contributed by atoms with E-state index in [1.165, 1.54) is 7.11 Å². The van der Waals surface area contributed by atoms with Gasteiger partial charge < -0.3 is 14.3 Å². The minimum absolute atomic E-state index is 0.00635. The van der Waals surface area contributed by atoms with E-state index < -0.39 is 14.4 Å². The Hall–Kier alpha value is -2.02. The van der Waals surface area contributed by atoms with Crippen molar-refractivity contribution in [2.75, 3.05) is 7.11 Å². The van der Waals surface area contributed by atoms with Gasteiger partial charge in [-0.05, 0) is 61.0 Å². The van der Waals surface area contributed by atoms with Gasteiger partial charge in [-0.1, -0.05) is 84.2 Å². The van der Waals surface area contributed by atoms with Crippen LogP contribution in [0.5, 0.6) is 0 Å². The van der Waals surface area contributed by atoms with E-state index in [1.54, 1.807) is 0 Å². The maximum absolute atomic E-state index is 11.7. The Morgan fingerprint density at radius 1 is 1.14 bits per heavy atom. The Balaban J connectivity index is 2.34. The van der Waals surface area contributed by atoms with Gasteiger partial charge in [0.25, 0.3) is 0 Å². The molecule has 0 aliphatic carbocycles. The fourth-order valence-electron chi connectivity index (χ4n) is 4.19. The van der Waals surface area contributed by atoms with Crippen molar-refractivity contribution in [1.29, 1.82) is 0 Å². The molecule has 0 aliphatic heterocycles. The van der Waals surface area contributed by atoms with E-state index in [2.05, 4.69) is 72.0 Å². The number of para-hydroxylation sites is 1. The number of unbranched alkanes of at least 4 members (excludes halogenated alkanes) is 2. The number of esters is 1. The first-order valence-electron chi connectivity index (χ1n) is 13.9. The minimum Gasteiger partial charge on any atom is -0.469 e. The van der Waals surface area contributed by atoms with E-state index in [9.17, 15) is 9.90 Å². The quantitative estimate of drug-likeness (QED) is 0.152. The lowest BCUT2D eigenvalue weighted by Crippen LogP contribution is -2.45. The minimum atomic E-state index is -2.01. The highest BCUT2D eigenvalue weighted by Gasteiger charge is 2.39. The Labute approximate surface area is 225 Å². The monoisotopic (exact) mass is 527 g/mol. The van der Waals surface area contributed by atoms with E-state index in [1.807, 2.05) is 18.2 Å². The molecule has 2 rings (SSSR count). The van der Waals surface area contributed by atoms with Gasteiger partial charge in [-0.3, -0.25) is 4.79 Å². The van der Waals surface area contributed by atoms with E-state index in [0.29, 0.717) is 12.8 Å². The summed E-state index contributed by atoms with van der Waals surface area (Å²) in [5, 5.41) is 12.2. The molecule has 37 heavy (non-hydrogen) atoms. The Morgan fingerprint density at radius 2 is 1.84 bits per heavy atom. The molecule has 2 aromatic rings. The molecule has 0 bridgehead atoms. The molecule has 0 radical (unpaired) electrons. The van der Waals surface area contributed by atoms with Crippen LogP contribution in [0.15, 0.2) is 36.4 Å². The maximum atomic E-state index is 11.7. The van der Waals surface area contributed by atoms with Gasteiger partial charge in [0, 0.05) is 11.8 Å². The molecule has 0 spiro atoms. The van der Waals surface area contributed by atoms with Crippen molar-refractivity contribution >= 4 is 31.3 Å². The molecule has 0 aliphatic rings. The van der Waals surface area contributed by atoms with Gasteiger partial charge in [-0.15, -0.1) is 0 Å². The zero-order valence-electron chi connectivity index (χ0n) is 24.3. The van der Waals surface area contributed by atoms with Gasteiger partial charge in [0.15, 0.2) is 8.32 Å². The lowest BCUT2D eigenvalue weighted by Gasteiger charge is -2.40. The number of fused-ring (bicyclic) bond motifs is 1. The molecule has 1 aromatic heterocycles. The zero-order valence-corrected chi connectivity index (χ0v) is 25.3. The summed E-state index contributed by atoms with van der Waals surface area (Å²) in [6, 6.07) is 10.2. The van der Waals surface area contributed by atoms with Crippen molar-refractivity contribution in [2.24, 2.45) is 5.92 Å². The molecule has 0 saturated carbocycles. The summed E-state index contributed by atoms with van der Waals surface area (Å²) < 4.78 is 11.7. The number of carbonyl (C=O) groups excluding carboxylic acids is 1. The van der Waals surface area contributed by atoms with Gasteiger partial charge in [-0.25, -0.2) is 4.98 Å². The first-order valence-corrected chi connectivity index (χ1v) is 16.8. The van der Waals surface area contributed by atoms with E-state index in [-0.39, 0.29) is 23.0 Å². The van der Waals surface area contributed by atoms with Crippen molar-refractivity contribution in [3.63, 3.8) is 0 Å². The highest BCUT2D eigenvalue weighted by atomic mass is 28.4. The number of methoxy groups -OCH3 is 1. The van der Waals surface area contributed by atoms with Crippen molar-refractivity contribution in [3.8, 4) is 0 Å². The molecular formula is C31H49NO4Si. The van der Waals surface area contributed by atoms with Crippen LogP contribution in [0.2, 0.25) is 18.1 Å². The Kier molecular flexibility index (Phi) is 12.0. The number of aliphatic hydroxyl groups excluding tert-OH is 1. The number of ether oxygens (including phenoxy) is 1. The lowest BCUT2D eigenvalue weighted by molar-refractivity contribution is -0.140. The van der Waals surface area contributed by atoms with Gasteiger partial charge in [0.05, 0.1) is 30.5 Å². The topological polar surface area (TPSA) is 68.7 Å². The van der Waals surface area contributed by atoms with Crippen molar-refractivity contribution < 1.29 is 19.1 Å². The summed E-state index contributed by atoms with van der Waals surface area (Å²) in [7, 11) is -0.577. The van der Waals surface area contributed by atoms with E-state index in [4.69, 9.17) is 14.1 Å². The average molecular weight is 528 g/mol. The molecule has 1 heterocycles. The van der Waals surface area contributed by atoms with Crippen molar-refractivity contribution in [3.05, 3.63) is 47.7 Å². The predicted molar refractivity (Wildman–Crippen MR) is 157 cm³/mol. The number of hydrogen-bond acceptors (Lipinski definition) is 5. The van der Waals surface area contributed by atoms with Crippen LogP contribution in [0.4, 0.5) is 0 Å². The summed E-state index contributed by atoms with van der Waals surface area (Å²) >= 11 is 0. The van der Waals surface area contributed by atoms with Crippen LogP contribution >= 0.6 is 0 Å². The predicted octanol–water partition coefficient (Wildman–Crippen LogP) is 8.23. The van der Waals surface area contributed by atoms with Gasteiger partial charge >= 0.3 is 5.97 Å². The smallest absolute Gasteiger partial charge is 0.305 e. The molecule has 1 N–H and O–H groups in total. The second-order valence-corrected chi connectivity index (χ2v) is 16.5. The summed E-state index contributed by atoms with van der Waals surface area (Å²) in [6.45, 7) is 15.6. The van der Waals surface area contributed by atoms with Crippen LogP contribution in [0, 0.1) is 5.92 Å². The molecule has 1 aromatic carbocycles. The molecule has 1 unspecified atom stereocenters. The number of aliphatic hydroxyl groups is 1. The second-order valence-electron chi connectivity index (χ2n) is 11.8. The van der Waals surface area contributed by atoms with Crippen LogP contribution in [-0.4, -0.2) is 37.6 Å². The molecular weight excluding hydrogens is 478 g/mol. The highest BCUT2D eigenvalue weighted by Crippen LogP contribution is 2.39. The normalized spacial score (nSPS) is 15.2. The van der Waals surface area contributed by atoms with Crippen LogP contribution in [0.3, 0.4) is 0 Å². The molecule has 0 fully saturated rings. The molecule has 3 atom stereocenters. The third-order valence-corrected chi connectivity index (χ3v) is 12.2.